The van der Waals surface area contributed by atoms with Crippen LogP contribution in [-0.2, 0) is 16.3 Å². The Hall–Kier alpha value is -2.42. The third-order valence-electron chi connectivity index (χ3n) is 5.76. The lowest BCUT2D eigenvalue weighted by Crippen LogP contribution is -2.26. The summed E-state index contributed by atoms with van der Waals surface area (Å²) in [7, 11) is -1.45. The Labute approximate surface area is 192 Å². The van der Waals surface area contributed by atoms with Crippen LogP contribution in [-0.4, -0.2) is 48.7 Å². The number of carboxylic acid groups (broad SMARTS) is 1. The van der Waals surface area contributed by atoms with Gasteiger partial charge in [-0.2, -0.15) is 0 Å². The summed E-state index contributed by atoms with van der Waals surface area (Å²) in [5.41, 5.74) is 2.29. The minimum atomic E-state index is -3.54. The van der Waals surface area contributed by atoms with E-state index in [0.717, 1.165) is 36.8 Å². The molecule has 3 aromatic rings. The van der Waals surface area contributed by atoms with Crippen molar-refractivity contribution in [2.45, 2.75) is 30.2 Å². The molecule has 8 heteroatoms. The zero-order valence-corrected chi connectivity index (χ0v) is 19.7. The van der Waals surface area contributed by atoms with E-state index in [0.29, 0.717) is 17.1 Å². The van der Waals surface area contributed by atoms with E-state index in [1.807, 2.05) is 6.07 Å². The van der Waals surface area contributed by atoms with Crippen molar-refractivity contribution in [2.75, 3.05) is 13.6 Å². The van der Waals surface area contributed by atoms with Crippen molar-refractivity contribution < 1.29 is 18.3 Å². The highest BCUT2D eigenvalue weighted by molar-refractivity contribution is 8.93. The molecule has 2 aromatic carbocycles. The van der Waals surface area contributed by atoms with E-state index >= 15 is 0 Å². The largest absolute Gasteiger partial charge is 0.464 e. The topological polar surface area (TPSA) is 79.6 Å². The molecule has 6 nitrogen and oxygen atoms in total. The molecule has 2 heterocycles. The minimum Gasteiger partial charge on any atom is -0.464 e. The molecule has 164 valence electrons. The number of hydrogen-bond donors (Lipinski definition) is 1. The Morgan fingerprint density at radius 3 is 2.58 bits per heavy atom. The molecule has 0 aliphatic carbocycles. The standard InChI is InChI=1S/C23H24N2O4S.BrH/c1-24-12-5-6-19(24)15-18-16-25(23(26)27)22-10-9-17(14-21(18)22)11-13-30(28,29)20-7-3-2-4-8-20;/h2-4,7-11,13-14,16,19H,5-6,12,15H2,1H3,(H,26,27);1H/b13-11+;/t19-;/m1./s1. The van der Waals surface area contributed by atoms with Crippen molar-refractivity contribution in [3.05, 3.63) is 71.3 Å². The van der Waals surface area contributed by atoms with Gasteiger partial charge in [-0.05, 0) is 74.3 Å². The molecule has 1 aliphatic rings. The van der Waals surface area contributed by atoms with Gasteiger partial charge in [0.2, 0.25) is 0 Å². The van der Waals surface area contributed by atoms with E-state index < -0.39 is 15.9 Å². The minimum absolute atomic E-state index is 0. The molecular formula is C23H25BrN2O4S. The van der Waals surface area contributed by atoms with Crippen LogP contribution in [0, 0.1) is 0 Å². The second-order valence-electron chi connectivity index (χ2n) is 7.73. The van der Waals surface area contributed by atoms with Gasteiger partial charge in [-0.25, -0.2) is 13.2 Å². The van der Waals surface area contributed by atoms with Gasteiger partial charge < -0.3 is 10.0 Å². The number of halogens is 1. The number of nitrogens with zero attached hydrogens (tertiary/aromatic N) is 2. The molecular weight excluding hydrogens is 480 g/mol. The molecule has 1 fully saturated rings. The zero-order chi connectivity index (χ0) is 21.3. The predicted molar refractivity (Wildman–Crippen MR) is 128 cm³/mol. The first kappa shape index (κ1) is 23.2. The maximum atomic E-state index is 12.5. The molecule has 0 spiro atoms. The highest BCUT2D eigenvalue weighted by Crippen LogP contribution is 2.28. The molecule has 1 aromatic heterocycles. The van der Waals surface area contributed by atoms with Gasteiger partial charge in [0.1, 0.15) is 0 Å². The number of fused-ring (bicyclic) bond motifs is 1. The van der Waals surface area contributed by atoms with Crippen LogP contribution in [0.1, 0.15) is 24.0 Å². The first-order valence-electron chi connectivity index (χ1n) is 9.91. The molecule has 0 amide bonds. The fraction of sp³-hybridized carbons (Fsp3) is 0.261. The van der Waals surface area contributed by atoms with Gasteiger partial charge >= 0.3 is 6.09 Å². The molecule has 1 aliphatic heterocycles. The van der Waals surface area contributed by atoms with E-state index in [4.69, 9.17) is 0 Å². The average molecular weight is 505 g/mol. The van der Waals surface area contributed by atoms with Crippen LogP contribution < -0.4 is 0 Å². The summed E-state index contributed by atoms with van der Waals surface area (Å²) in [6.07, 6.45) is 5.22. The lowest BCUT2D eigenvalue weighted by atomic mass is 10.0. The third kappa shape index (κ3) is 4.92. The van der Waals surface area contributed by atoms with Crippen molar-refractivity contribution >= 4 is 49.9 Å². The summed E-state index contributed by atoms with van der Waals surface area (Å²) in [5, 5.41) is 11.6. The fourth-order valence-corrected chi connectivity index (χ4v) is 5.12. The van der Waals surface area contributed by atoms with Crippen LogP contribution in [0.2, 0.25) is 0 Å². The number of benzene rings is 2. The van der Waals surface area contributed by atoms with Gasteiger partial charge in [0, 0.05) is 23.0 Å². The van der Waals surface area contributed by atoms with Gasteiger partial charge in [-0.15, -0.1) is 17.0 Å². The zero-order valence-electron chi connectivity index (χ0n) is 17.1. The van der Waals surface area contributed by atoms with Crippen LogP contribution in [0.3, 0.4) is 0 Å². The van der Waals surface area contributed by atoms with Gasteiger partial charge in [-0.1, -0.05) is 24.3 Å². The van der Waals surface area contributed by atoms with Crippen LogP contribution >= 0.6 is 17.0 Å². The van der Waals surface area contributed by atoms with Gasteiger partial charge in [0.25, 0.3) is 0 Å². The second-order valence-corrected chi connectivity index (χ2v) is 9.56. The molecule has 31 heavy (non-hydrogen) atoms. The van der Waals surface area contributed by atoms with E-state index in [1.54, 1.807) is 54.7 Å². The van der Waals surface area contributed by atoms with E-state index in [9.17, 15) is 18.3 Å². The number of rotatable bonds is 5. The number of sulfone groups is 1. The summed E-state index contributed by atoms with van der Waals surface area (Å²) in [6.45, 7) is 1.05. The maximum Gasteiger partial charge on any atom is 0.416 e. The molecule has 4 rings (SSSR count). The summed E-state index contributed by atoms with van der Waals surface area (Å²) >= 11 is 0. The Morgan fingerprint density at radius 1 is 1.19 bits per heavy atom. The Bertz CT molecular complexity index is 1220. The maximum absolute atomic E-state index is 12.5. The molecule has 1 saturated heterocycles. The second kappa shape index (κ2) is 9.38. The van der Waals surface area contributed by atoms with Crippen LogP contribution in [0.5, 0.6) is 0 Å². The molecule has 0 radical (unpaired) electrons. The number of likely N-dealkylation sites (N-methyl/N-ethyl adjacent to an activating group) is 1. The quantitative estimate of drug-likeness (QED) is 0.538. The van der Waals surface area contributed by atoms with Gasteiger partial charge in [0.15, 0.2) is 9.84 Å². The Balaban J connectivity index is 0.00000272. The van der Waals surface area contributed by atoms with Gasteiger partial charge in [0.05, 0.1) is 10.4 Å². The molecule has 0 saturated carbocycles. The summed E-state index contributed by atoms with van der Waals surface area (Å²) in [5.74, 6) is 0. The molecule has 1 N–H and O–H groups in total. The number of carbonyl (C=O) groups is 1. The smallest absolute Gasteiger partial charge is 0.416 e. The average Bonchev–Trinajstić information content (AvgIpc) is 3.31. The predicted octanol–water partition coefficient (Wildman–Crippen LogP) is 4.83. The highest BCUT2D eigenvalue weighted by atomic mass is 79.9. The van der Waals surface area contributed by atoms with Gasteiger partial charge in [-0.3, -0.25) is 4.57 Å². The van der Waals surface area contributed by atoms with Crippen LogP contribution in [0.4, 0.5) is 4.79 Å². The lowest BCUT2D eigenvalue weighted by molar-refractivity contribution is 0.197. The number of aromatic nitrogens is 1. The first-order valence-corrected chi connectivity index (χ1v) is 11.5. The molecule has 0 bridgehead atoms. The van der Waals surface area contributed by atoms with Crippen molar-refractivity contribution in [1.29, 1.82) is 0 Å². The summed E-state index contributed by atoms with van der Waals surface area (Å²) in [4.78, 5) is 14.2. The van der Waals surface area contributed by atoms with E-state index in [1.165, 1.54) is 9.98 Å². The summed E-state index contributed by atoms with van der Waals surface area (Å²) in [6, 6.07) is 14.0. The lowest BCUT2D eigenvalue weighted by Gasteiger charge is -2.18. The van der Waals surface area contributed by atoms with Crippen LogP contribution in [0.25, 0.3) is 17.0 Å². The number of likely N-dealkylation sites (tertiary alicyclic amines) is 1. The normalized spacial score (nSPS) is 17.3. The van der Waals surface area contributed by atoms with Crippen molar-refractivity contribution in [3.63, 3.8) is 0 Å². The van der Waals surface area contributed by atoms with E-state index in [-0.39, 0.29) is 21.9 Å². The summed E-state index contributed by atoms with van der Waals surface area (Å²) < 4.78 is 26.3. The Morgan fingerprint density at radius 2 is 1.94 bits per heavy atom. The van der Waals surface area contributed by atoms with Crippen LogP contribution in [0.15, 0.2) is 65.0 Å². The monoisotopic (exact) mass is 504 g/mol. The third-order valence-corrected chi connectivity index (χ3v) is 7.18. The van der Waals surface area contributed by atoms with E-state index in [2.05, 4.69) is 11.9 Å². The molecule has 0 unspecified atom stereocenters. The van der Waals surface area contributed by atoms with Crippen molar-refractivity contribution in [1.82, 2.24) is 9.47 Å². The fourth-order valence-electron chi connectivity index (χ4n) is 4.09. The van der Waals surface area contributed by atoms with Crippen molar-refractivity contribution in [2.24, 2.45) is 0 Å². The highest BCUT2D eigenvalue weighted by Gasteiger charge is 2.23. The molecule has 1 atom stereocenters. The Kier molecular flexibility index (Phi) is 7.03. The SMILES string of the molecule is Br.CN1CCC[C@@H]1Cc1cn(C(=O)O)c2ccc(/C=C/S(=O)(=O)c3ccccc3)cc12. The first-order chi connectivity index (χ1) is 14.3. The van der Waals surface area contributed by atoms with Crippen molar-refractivity contribution in [3.8, 4) is 0 Å². The number of hydrogen-bond acceptors (Lipinski definition) is 4.